The molecule has 2 aliphatic carbocycles. The van der Waals surface area contributed by atoms with Crippen LogP contribution in [0.25, 0.3) is 0 Å². The fourth-order valence-electron chi connectivity index (χ4n) is 2.78. The summed E-state index contributed by atoms with van der Waals surface area (Å²) in [5.74, 6) is 1.12. The smallest absolute Gasteiger partial charge is 0.337 e. The molecule has 0 spiro atoms. The first-order valence-corrected chi connectivity index (χ1v) is 7.36. The molecule has 112 valence electrons. The number of amides is 2. The summed E-state index contributed by atoms with van der Waals surface area (Å²) in [6.07, 6.45) is 7.83. The number of aromatic nitrogens is 1. The maximum absolute atomic E-state index is 11.9. The highest BCUT2D eigenvalue weighted by Gasteiger charge is 2.41. The third-order valence-electron chi connectivity index (χ3n) is 4.20. The zero-order chi connectivity index (χ0) is 14.8. The molecule has 6 heteroatoms. The van der Waals surface area contributed by atoms with Gasteiger partial charge in [0.1, 0.15) is 0 Å². The summed E-state index contributed by atoms with van der Waals surface area (Å²) in [4.78, 5) is 26.5. The van der Waals surface area contributed by atoms with Crippen molar-refractivity contribution in [3.63, 3.8) is 0 Å². The van der Waals surface area contributed by atoms with Gasteiger partial charge in [-0.2, -0.15) is 0 Å². The molecule has 0 bridgehead atoms. The number of aromatic carboxylic acids is 1. The second kappa shape index (κ2) is 5.71. The van der Waals surface area contributed by atoms with E-state index >= 15 is 0 Å². The Morgan fingerprint density at radius 2 is 1.90 bits per heavy atom. The Morgan fingerprint density at radius 3 is 2.48 bits per heavy atom. The van der Waals surface area contributed by atoms with E-state index in [1.54, 1.807) is 0 Å². The standard InChI is InChI=1S/C15H19N3O3/c19-14(20)11-5-12(7-16-6-11)18-15(21)17-8-13(9-1-2-9)10-3-4-10/h5-7,9-10,13H,1-4,8H2,(H,19,20)(H2,17,18,21). The van der Waals surface area contributed by atoms with Crippen LogP contribution in [0.5, 0.6) is 0 Å². The molecule has 0 aromatic carbocycles. The first-order chi connectivity index (χ1) is 10.1. The summed E-state index contributed by atoms with van der Waals surface area (Å²) < 4.78 is 0. The van der Waals surface area contributed by atoms with Gasteiger partial charge in [-0.25, -0.2) is 9.59 Å². The van der Waals surface area contributed by atoms with Gasteiger partial charge in [-0.15, -0.1) is 0 Å². The third-order valence-corrected chi connectivity index (χ3v) is 4.20. The summed E-state index contributed by atoms with van der Waals surface area (Å²) in [7, 11) is 0. The first kappa shape index (κ1) is 13.9. The van der Waals surface area contributed by atoms with Crippen molar-refractivity contribution in [2.24, 2.45) is 17.8 Å². The number of hydrogen-bond acceptors (Lipinski definition) is 3. The highest BCUT2D eigenvalue weighted by molar-refractivity contribution is 5.92. The van der Waals surface area contributed by atoms with Gasteiger partial charge in [-0.05, 0) is 49.5 Å². The van der Waals surface area contributed by atoms with Gasteiger partial charge in [-0.3, -0.25) is 4.98 Å². The molecule has 0 unspecified atom stereocenters. The number of carboxylic acid groups (broad SMARTS) is 1. The van der Waals surface area contributed by atoms with Crippen LogP contribution < -0.4 is 10.6 Å². The fourth-order valence-corrected chi connectivity index (χ4v) is 2.78. The number of carbonyl (C=O) groups is 2. The molecule has 1 aromatic heterocycles. The van der Waals surface area contributed by atoms with Crippen molar-refractivity contribution in [3.8, 4) is 0 Å². The molecule has 2 fully saturated rings. The van der Waals surface area contributed by atoms with Crippen LogP contribution in [0.2, 0.25) is 0 Å². The van der Waals surface area contributed by atoms with Gasteiger partial charge in [0.25, 0.3) is 0 Å². The van der Waals surface area contributed by atoms with Crippen molar-refractivity contribution in [1.82, 2.24) is 10.3 Å². The van der Waals surface area contributed by atoms with Gasteiger partial charge in [-0.1, -0.05) is 0 Å². The zero-order valence-electron chi connectivity index (χ0n) is 11.7. The second-order valence-electron chi connectivity index (χ2n) is 5.94. The third kappa shape index (κ3) is 3.71. The molecular formula is C15H19N3O3. The monoisotopic (exact) mass is 289 g/mol. The van der Waals surface area contributed by atoms with E-state index in [4.69, 9.17) is 5.11 Å². The van der Waals surface area contributed by atoms with Crippen molar-refractivity contribution < 1.29 is 14.7 Å². The minimum Gasteiger partial charge on any atom is -0.478 e. The number of nitrogens with zero attached hydrogens (tertiary/aromatic N) is 1. The van der Waals surface area contributed by atoms with Crippen LogP contribution in [0.1, 0.15) is 36.0 Å². The van der Waals surface area contributed by atoms with Crippen LogP contribution in [0.3, 0.4) is 0 Å². The molecule has 3 rings (SSSR count). The normalized spacial score (nSPS) is 17.6. The zero-order valence-corrected chi connectivity index (χ0v) is 11.7. The van der Waals surface area contributed by atoms with E-state index in [-0.39, 0.29) is 11.6 Å². The van der Waals surface area contributed by atoms with Gasteiger partial charge in [0.15, 0.2) is 0 Å². The van der Waals surface area contributed by atoms with E-state index in [1.165, 1.54) is 44.1 Å². The van der Waals surface area contributed by atoms with Crippen LogP contribution >= 0.6 is 0 Å². The Morgan fingerprint density at radius 1 is 1.24 bits per heavy atom. The van der Waals surface area contributed by atoms with Gasteiger partial charge < -0.3 is 15.7 Å². The molecule has 2 amide bonds. The number of urea groups is 1. The van der Waals surface area contributed by atoms with E-state index < -0.39 is 5.97 Å². The number of pyridine rings is 1. The van der Waals surface area contributed by atoms with Crippen molar-refractivity contribution >= 4 is 17.7 Å². The van der Waals surface area contributed by atoms with Gasteiger partial charge in [0.05, 0.1) is 17.4 Å². The van der Waals surface area contributed by atoms with E-state index in [0.717, 1.165) is 11.8 Å². The maximum atomic E-state index is 11.9. The molecule has 0 radical (unpaired) electrons. The Hall–Kier alpha value is -2.11. The van der Waals surface area contributed by atoms with Crippen molar-refractivity contribution in [2.75, 3.05) is 11.9 Å². The molecule has 6 nitrogen and oxygen atoms in total. The van der Waals surface area contributed by atoms with Crippen LogP contribution in [0.15, 0.2) is 18.5 Å². The van der Waals surface area contributed by atoms with E-state index in [1.807, 2.05) is 0 Å². The SMILES string of the molecule is O=C(NCC(C1CC1)C1CC1)Nc1cncc(C(=O)O)c1. The highest BCUT2D eigenvalue weighted by atomic mass is 16.4. The summed E-state index contributed by atoms with van der Waals surface area (Å²) in [5, 5.41) is 14.4. The lowest BCUT2D eigenvalue weighted by Crippen LogP contribution is -2.34. The minimum atomic E-state index is -1.06. The van der Waals surface area contributed by atoms with Crippen molar-refractivity contribution in [1.29, 1.82) is 0 Å². The van der Waals surface area contributed by atoms with Crippen LogP contribution in [-0.4, -0.2) is 28.6 Å². The number of rotatable bonds is 6. The molecule has 0 saturated heterocycles. The lowest BCUT2D eigenvalue weighted by molar-refractivity contribution is 0.0696. The fraction of sp³-hybridized carbons (Fsp3) is 0.533. The van der Waals surface area contributed by atoms with Crippen LogP contribution in [-0.2, 0) is 0 Å². The number of nitrogens with one attached hydrogen (secondary N) is 2. The van der Waals surface area contributed by atoms with Crippen LogP contribution in [0, 0.1) is 17.8 Å². The van der Waals surface area contributed by atoms with E-state index in [2.05, 4.69) is 15.6 Å². The number of carbonyl (C=O) groups excluding carboxylic acids is 1. The molecule has 0 aliphatic heterocycles. The summed E-state index contributed by atoms with van der Waals surface area (Å²) >= 11 is 0. The molecule has 2 aliphatic rings. The lowest BCUT2D eigenvalue weighted by atomic mass is 9.98. The van der Waals surface area contributed by atoms with Crippen molar-refractivity contribution in [2.45, 2.75) is 25.7 Å². The Labute approximate surface area is 123 Å². The molecule has 1 heterocycles. The van der Waals surface area contributed by atoms with Crippen molar-refractivity contribution in [3.05, 3.63) is 24.0 Å². The minimum absolute atomic E-state index is 0.0571. The Bertz CT molecular complexity index is 541. The Kier molecular flexibility index (Phi) is 3.77. The topological polar surface area (TPSA) is 91.3 Å². The predicted octanol–water partition coefficient (Wildman–Crippen LogP) is 2.34. The Balaban J connectivity index is 1.51. The average Bonchev–Trinajstić information content (AvgIpc) is 3.33. The molecule has 3 N–H and O–H groups in total. The molecule has 2 saturated carbocycles. The predicted molar refractivity (Wildman–Crippen MR) is 77.2 cm³/mol. The number of hydrogen-bond donors (Lipinski definition) is 3. The molecular weight excluding hydrogens is 270 g/mol. The summed E-state index contributed by atoms with van der Waals surface area (Å²) in [6.45, 7) is 0.702. The molecule has 1 aromatic rings. The van der Waals surface area contributed by atoms with E-state index in [0.29, 0.717) is 18.2 Å². The summed E-state index contributed by atoms with van der Waals surface area (Å²) in [6, 6.07) is 1.10. The second-order valence-corrected chi connectivity index (χ2v) is 5.94. The highest BCUT2D eigenvalue weighted by Crippen LogP contribution is 2.48. The molecule has 21 heavy (non-hydrogen) atoms. The lowest BCUT2D eigenvalue weighted by Gasteiger charge is -2.16. The average molecular weight is 289 g/mol. The van der Waals surface area contributed by atoms with Gasteiger partial charge >= 0.3 is 12.0 Å². The maximum Gasteiger partial charge on any atom is 0.337 e. The largest absolute Gasteiger partial charge is 0.478 e. The number of carboxylic acids is 1. The first-order valence-electron chi connectivity index (χ1n) is 7.36. The molecule has 0 atom stereocenters. The van der Waals surface area contributed by atoms with Gasteiger partial charge in [0, 0.05) is 12.7 Å². The summed E-state index contributed by atoms with van der Waals surface area (Å²) in [5.41, 5.74) is 0.448. The number of anilines is 1. The quantitative estimate of drug-likeness (QED) is 0.749. The van der Waals surface area contributed by atoms with E-state index in [9.17, 15) is 9.59 Å². The van der Waals surface area contributed by atoms with Gasteiger partial charge in [0.2, 0.25) is 0 Å². The van der Waals surface area contributed by atoms with Crippen LogP contribution in [0.4, 0.5) is 10.5 Å².